The van der Waals surface area contributed by atoms with Crippen molar-refractivity contribution in [1.29, 1.82) is 0 Å². The molecule has 0 bridgehead atoms. The van der Waals surface area contributed by atoms with Crippen LogP contribution >= 0.6 is 0 Å². The van der Waals surface area contributed by atoms with Crippen LogP contribution in [0.3, 0.4) is 0 Å². The number of rotatable bonds is 6. The molecule has 0 spiro atoms. The molecule has 2 amide bonds. The summed E-state index contributed by atoms with van der Waals surface area (Å²) in [6, 6.07) is 4.22. The number of nitrogens with zero attached hydrogens (tertiary/aromatic N) is 2. The number of hydrogen-bond donors (Lipinski definition) is 0. The number of carbonyl (C=O) groups excluding carboxylic acids is 2. The first-order chi connectivity index (χ1) is 14.0. The average molecular weight is 428 g/mol. The maximum Gasteiger partial charge on any atom is 0.410 e. The molecule has 0 aliphatic carbocycles. The second-order valence-electron chi connectivity index (χ2n) is 8.36. The maximum absolute atomic E-state index is 12.9. The van der Waals surface area contributed by atoms with Crippen LogP contribution in [-0.2, 0) is 4.74 Å². The van der Waals surface area contributed by atoms with Gasteiger partial charge in [-0.05, 0) is 57.7 Å². The van der Waals surface area contributed by atoms with Gasteiger partial charge in [-0.3, -0.25) is 4.79 Å². The number of ether oxygens (including phenoxy) is 3. The third-order valence-electron chi connectivity index (χ3n) is 4.67. The average Bonchev–Trinajstić information content (AvgIpc) is 2.65. The molecule has 7 nitrogen and oxygen atoms in total. The van der Waals surface area contributed by atoms with E-state index < -0.39 is 18.3 Å². The van der Waals surface area contributed by atoms with Crippen LogP contribution in [0.25, 0.3) is 0 Å². The Morgan fingerprint density at radius 3 is 2.57 bits per heavy atom. The molecule has 0 saturated carbocycles. The molecule has 1 atom stereocenters. The minimum absolute atomic E-state index is 0.0928. The van der Waals surface area contributed by atoms with E-state index in [1.165, 1.54) is 30.2 Å². The van der Waals surface area contributed by atoms with E-state index in [1.807, 2.05) is 0 Å². The van der Waals surface area contributed by atoms with Crippen LogP contribution in [0.5, 0.6) is 11.5 Å². The fourth-order valence-electron chi connectivity index (χ4n) is 3.38. The molecule has 0 N–H and O–H groups in total. The van der Waals surface area contributed by atoms with Crippen molar-refractivity contribution in [3.63, 3.8) is 0 Å². The fourth-order valence-corrected chi connectivity index (χ4v) is 3.38. The fraction of sp³-hybridized carbons (Fsp3) is 0.619. The molecule has 1 fully saturated rings. The highest BCUT2D eigenvalue weighted by atomic mass is 19.3. The molecular formula is C21H30F2N2O5. The van der Waals surface area contributed by atoms with Crippen molar-refractivity contribution < 1.29 is 32.6 Å². The highest BCUT2D eigenvalue weighted by Crippen LogP contribution is 2.30. The first-order valence-electron chi connectivity index (χ1n) is 9.86. The Kier molecular flexibility index (Phi) is 7.86. The van der Waals surface area contributed by atoms with Gasteiger partial charge in [0.1, 0.15) is 5.60 Å². The molecule has 1 aromatic carbocycles. The summed E-state index contributed by atoms with van der Waals surface area (Å²) in [4.78, 5) is 28.3. The van der Waals surface area contributed by atoms with E-state index in [0.717, 1.165) is 12.8 Å². The molecule has 2 rings (SSSR count). The van der Waals surface area contributed by atoms with Crippen LogP contribution in [0, 0.1) is 5.92 Å². The number of methoxy groups -OCH3 is 1. The lowest BCUT2D eigenvalue weighted by Crippen LogP contribution is -2.45. The lowest BCUT2D eigenvalue weighted by molar-refractivity contribution is -0.0512. The van der Waals surface area contributed by atoms with Crippen molar-refractivity contribution >= 4 is 12.0 Å². The van der Waals surface area contributed by atoms with E-state index in [1.54, 1.807) is 32.7 Å². The summed E-state index contributed by atoms with van der Waals surface area (Å²) in [6.07, 6.45) is 1.25. The van der Waals surface area contributed by atoms with Gasteiger partial charge in [0.05, 0.1) is 7.11 Å². The van der Waals surface area contributed by atoms with E-state index in [2.05, 4.69) is 4.74 Å². The molecule has 1 aliphatic heterocycles. The molecule has 1 saturated heterocycles. The predicted octanol–water partition coefficient (Wildman–Crippen LogP) is 4.02. The van der Waals surface area contributed by atoms with Crippen molar-refractivity contribution in [3.8, 4) is 11.5 Å². The van der Waals surface area contributed by atoms with Gasteiger partial charge in [-0.25, -0.2) is 4.79 Å². The molecule has 1 heterocycles. The maximum atomic E-state index is 12.9. The Morgan fingerprint density at radius 1 is 1.27 bits per heavy atom. The van der Waals surface area contributed by atoms with E-state index >= 15 is 0 Å². The van der Waals surface area contributed by atoms with Crippen molar-refractivity contribution in [2.75, 3.05) is 33.8 Å². The Bertz CT molecular complexity index is 751. The SMILES string of the molecule is COc1ccc(C(=O)N2CCCC(CN(C)C(=O)OC(C)(C)C)C2)cc1OC(F)F. The summed E-state index contributed by atoms with van der Waals surface area (Å²) in [7, 11) is 3.01. The minimum atomic E-state index is -3.02. The first-order valence-corrected chi connectivity index (χ1v) is 9.86. The predicted molar refractivity (Wildman–Crippen MR) is 107 cm³/mol. The third kappa shape index (κ3) is 6.74. The summed E-state index contributed by atoms with van der Waals surface area (Å²) in [6.45, 7) is 3.88. The zero-order chi connectivity index (χ0) is 22.5. The van der Waals surface area contributed by atoms with Gasteiger partial charge in [-0.2, -0.15) is 8.78 Å². The van der Waals surface area contributed by atoms with Gasteiger partial charge in [0, 0.05) is 32.2 Å². The summed E-state index contributed by atoms with van der Waals surface area (Å²) in [5.41, 5.74) is -0.334. The molecule has 1 unspecified atom stereocenters. The quantitative estimate of drug-likeness (QED) is 0.685. The molecule has 1 aliphatic rings. The highest BCUT2D eigenvalue weighted by Gasteiger charge is 2.28. The molecule has 0 radical (unpaired) electrons. The van der Waals surface area contributed by atoms with Gasteiger partial charge in [-0.15, -0.1) is 0 Å². The first kappa shape index (κ1) is 23.7. The molecular weight excluding hydrogens is 398 g/mol. The summed E-state index contributed by atoms with van der Waals surface area (Å²) < 4.78 is 40.1. The molecule has 1 aromatic rings. The van der Waals surface area contributed by atoms with Crippen LogP contribution in [-0.4, -0.2) is 67.8 Å². The van der Waals surface area contributed by atoms with Crippen LogP contribution in [0.15, 0.2) is 18.2 Å². The van der Waals surface area contributed by atoms with E-state index in [-0.39, 0.29) is 28.9 Å². The Hall–Kier alpha value is -2.58. The summed E-state index contributed by atoms with van der Waals surface area (Å²) in [5.74, 6) is -0.240. The summed E-state index contributed by atoms with van der Waals surface area (Å²) in [5, 5.41) is 0. The molecule has 0 aromatic heterocycles. The van der Waals surface area contributed by atoms with Crippen molar-refractivity contribution in [2.45, 2.75) is 45.8 Å². The number of halogens is 2. The number of piperidine rings is 1. The third-order valence-corrected chi connectivity index (χ3v) is 4.67. The summed E-state index contributed by atoms with van der Waals surface area (Å²) >= 11 is 0. The van der Waals surface area contributed by atoms with Crippen LogP contribution < -0.4 is 9.47 Å². The monoisotopic (exact) mass is 428 g/mol. The Balaban J connectivity index is 2.04. The standard InChI is InChI=1S/C21H30F2N2O5/c1-21(2,3)30-20(27)24(4)12-14-7-6-10-25(13-14)18(26)15-8-9-16(28-5)17(11-15)29-19(22)23/h8-9,11,14,19H,6-7,10,12-13H2,1-5H3. The number of benzene rings is 1. The number of likely N-dealkylation sites (tertiary alicyclic amines) is 1. The zero-order valence-electron chi connectivity index (χ0n) is 18.1. The van der Waals surface area contributed by atoms with Crippen molar-refractivity contribution in [3.05, 3.63) is 23.8 Å². The second kappa shape index (κ2) is 9.95. The number of carbonyl (C=O) groups is 2. The Labute approximate surface area is 175 Å². The highest BCUT2D eigenvalue weighted by molar-refractivity contribution is 5.95. The van der Waals surface area contributed by atoms with E-state index in [0.29, 0.717) is 19.6 Å². The Morgan fingerprint density at radius 2 is 1.97 bits per heavy atom. The smallest absolute Gasteiger partial charge is 0.410 e. The molecule has 9 heteroatoms. The van der Waals surface area contributed by atoms with Crippen molar-refractivity contribution in [1.82, 2.24) is 9.80 Å². The van der Waals surface area contributed by atoms with Crippen LogP contribution in [0.2, 0.25) is 0 Å². The normalized spacial score (nSPS) is 16.9. The topological polar surface area (TPSA) is 68.3 Å². The van der Waals surface area contributed by atoms with Gasteiger partial charge < -0.3 is 24.0 Å². The van der Waals surface area contributed by atoms with Gasteiger partial charge in [-0.1, -0.05) is 0 Å². The van der Waals surface area contributed by atoms with Gasteiger partial charge in [0.2, 0.25) is 0 Å². The molecule has 168 valence electrons. The number of alkyl halides is 2. The van der Waals surface area contributed by atoms with Crippen LogP contribution in [0.4, 0.5) is 13.6 Å². The lowest BCUT2D eigenvalue weighted by Gasteiger charge is -2.35. The van der Waals surface area contributed by atoms with Crippen LogP contribution in [0.1, 0.15) is 44.0 Å². The zero-order valence-corrected chi connectivity index (χ0v) is 18.1. The number of hydrogen-bond acceptors (Lipinski definition) is 5. The van der Waals surface area contributed by atoms with Gasteiger partial charge in [0.25, 0.3) is 5.91 Å². The molecule has 30 heavy (non-hydrogen) atoms. The largest absolute Gasteiger partial charge is 0.493 e. The second-order valence-corrected chi connectivity index (χ2v) is 8.36. The lowest BCUT2D eigenvalue weighted by atomic mass is 9.97. The van der Waals surface area contributed by atoms with E-state index in [4.69, 9.17) is 9.47 Å². The number of amides is 2. The van der Waals surface area contributed by atoms with Gasteiger partial charge >= 0.3 is 12.7 Å². The van der Waals surface area contributed by atoms with Crippen molar-refractivity contribution in [2.24, 2.45) is 5.92 Å². The minimum Gasteiger partial charge on any atom is -0.493 e. The van der Waals surface area contributed by atoms with E-state index in [9.17, 15) is 18.4 Å². The van der Waals surface area contributed by atoms with Gasteiger partial charge in [0.15, 0.2) is 11.5 Å².